The molecule has 0 atom stereocenters. The predicted molar refractivity (Wildman–Crippen MR) is 61.5 cm³/mol. The van der Waals surface area contributed by atoms with Crippen molar-refractivity contribution in [1.29, 1.82) is 0 Å². The van der Waals surface area contributed by atoms with Crippen molar-refractivity contribution in [1.82, 2.24) is 0 Å². The fraction of sp³-hybridized carbons (Fsp3) is 0.538. The summed E-state index contributed by atoms with van der Waals surface area (Å²) >= 11 is 0. The minimum Gasteiger partial charge on any atom is -0.490 e. The first-order chi connectivity index (χ1) is 6.97. The molecule has 0 saturated carbocycles. The molecule has 0 N–H and O–H groups in total. The summed E-state index contributed by atoms with van der Waals surface area (Å²) in [4.78, 5) is 0. The molecule has 2 heteroatoms. The van der Waals surface area contributed by atoms with Crippen LogP contribution in [0, 0.1) is 13.0 Å². The fourth-order valence-electron chi connectivity index (χ4n) is 1.28. The minimum absolute atomic E-state index is 0.162. The Balaban J connectivity index is 2.84. The molecule has 0 heterocycles. The predicted octanol–water partition coefficient (Wildman–Crippen LogP) is 3.37. The topological polar surface area (TPSA) is 18.5 Å². The van der Waals surface area contributed by atoms with Crippen LogP contribution in [0.1, 0.15) is 33.3 Å². The number of hydrogen-bond acceptors (Lipinski definition) is 2. The van der Waals surface area contributed by atoms with Crippen molar-refractivity contribution in [2.24, 2.45) is 0 Å². The lowest BCUT2D eigenvalue weighted by atomic mass is 10.2. The van der Waals surface area contributed by atoms with Crippen LogP contribution in [0.15, 0.2) is 12.1 Å². The summed E-state index contributed by atoms with van der Waals surface area (Å²) < 4.78 is 11.2. The van der Waals surface area contributed by atoms with Crippen molar-refractivity contribution < 1.29 is 9.47 Å². The summed E-state index contributed by atoms with van der Waals surface area (Å²) in [6.07, 6.45) is 0.324. The van der Waals surface area contributed by atoms with Gasteiger partial charge in [0.1, 0.15) is 11.5 Å². The third-order valence-electron chi connectivity index (χ3n) is 1.69. The zero-order chi connectivity index (χ0) is 11.4. The van der Waals surface area contributed by atoms with E-state index in [1.54, 1.807) is 0 Å². The average Bonchev–Trinajstić information content (AvgIpc) is 1.98. The summed E-state index contributed by atoms with van der Waals surface area (Å²) in [5, 5.41) is 0. The Morgan fingerprint density at radius 1 is 0.933 bits per heavy atom. The van der Waals surface area contributed by atoms with Gasteiger partial charge in [0.15, 0.2) is 0 Å². The van der Waals surface area contributed by atoms with Crippen molar-refractivity contribution in [2.45, 2.75) is 46.8 Å². The van der Waals surface area contributed by atoms with Crippen LogP contribution in [-0.4, -0.2) is 12.2 Å². The third kappa shape index (κ3) is 4.24. The van der Waals surface area contributed by atoms with E-state index in [9.17, 15) is 0 Å². The molecule has 0 fully saturated rings. The van der Waals surface area contributed by atoms with Gasteiger partial charge in [0.05, 0.1) is 18.3 Å². The zero-order valence-corrected chi connectivity index (χ0v) is 10.1. The first-order valence-electron chi connectivity index (χ1n) is 5.34. The van der Waals surface area contributed by atoms with Gasteiger partial charge >= 0.3 is 0 Å². The highest BCUT2D eigenvalue weighted by molar-refractivity contribution is 5.36. The van der Waals surface area contributed by atoms with Gasteiger partial charge in [0, 0.05) is 0 Å². The summed E-state index contributed by atoms with van der Waals surface area (Å²) in [5.41, 5.74) is 1.13. The SMILES string of the molecule is Cc1cc(OC(C)C)[c]c(OC(C)C)c1. The molecule has 0 aliphatic carbocycles. The molecule has 0 bridgehead atoms. The Labute approximate surface area is 92.2 Å². The van der Waals surface area contributed by atoms with E-state index in [1.807, 2.05) is 46.8 Å². The molecule has 0 spiro atoms. The molecule has 83 valence electrons. The molecule has 0 aliphatic rings. The first kappa shape index (κ1) is 11.9. The van der Waals surface area contributed by atoms with Crippen molar-refractivity contribution in [3.05, 3.63) is 23.8 Å². The maximum Gasteiger partial charge on any atom is 0.131 e. The molecule has 2 nitrogen and oxygen atoms in total. The molecule has 0 saturated heterocycles. The molecule has 1 rings (SSSR count). The van der Waals surface area contributed by atoms with Gasteiger partial charge in [0.25, 0.3) is 0 Å². The van der Waals surface area contributed by atoms with Crippen LogP contribution in [0.4, 0.5) is 0 Å². The van der Waals surface area contributed by atoms with Crippen LogP contribution >= 0.6 is 0 Å². The van der Waals surface area contributed by atoms with Crippen LogP contribution in [-0.2, 0) is 0 Å². The maximum absolute atomic E-state index is 5.58. The quantitative estimate of drug-likeness (QED) is 0.753. The molecular formula is C13H19O2. The monoisotopic (exact) mass is 207 g/mol. The number of benzene rings is 1. The molecule has 1 aromatic carbocycles. The Bertz CT molecular complexity index is 288. The standard InChI is InChI=1S/C13H19O2/c1-9(2)14-12-6-11(5)7-13(8-12)15-10(3)4/h6-7,9-10H,1-5H3. The van der Waals surface area contributed by atoms with Gasteiger partial charge in [-0.1, -0.05) is 0 Å². The van der Waals surface area contributed by atoms with Crippen LogP contribution in [0.25, 0.3) is 0 Å². The Hall–Kier alpha value is -1.18. The van der Waals surface area contributed by atoms with Crippen molar-refractivity contribution in [3.8, 4) is 11.5 Å². The van der Waals surface area contributed by atoms with E-state index in [-0.39, 0.29) is 12.2 Å². The van der Waals surface area contributed by atoms with E-state index in [2.05, 4.69) is 6.07 Å². The van der Waals surface area contributed by atoms with Gasteiger partial charge in [-0.05, 0) is 52.3 Å². The Morgan fingerprint density at radius 3 is 1.67 bits per heavy atom. The van der Waals surface area contributed by atoms with Crippen LogP contribution < -0.4 is 9.47 Å². The van der Waals surface area contributed by atoms with Crippen LogP contribution in [0.2, 0.25) is 0 Å². The number of ether oxygens (including phenoxy) is 2. The van der Waals surface area contributed by atoms with E-state index in [4.69, 9.17) is 9.47 Å². The van der Waals surface area contributed by atoms with E-state index >= 15 is 0 Å². The molecule has 0 amide bonds. The number of aryl methyl sites for hydroxylation is 1. The summed E-state index contributed by atoms with van der Waals surface area (Å²) in [7, 11) is 0. The van der Waals surface area contributed by atoms with Gasteiger partial charge < -0.3 is 9.47 Å². The lowest BCUT2D eigenvalue weighted by Gasteiger charge is -2.14. The van der Waals surface area contributed by atoms with Crippen molar-refractivity contribution in [2.75, 3.05) is 0 Å². The summed E-state index contributed by atoms with van der Waals surface area (Å²) in [6.45, 7) is 10.0. The second kappa shape index (κ2) is 5.06. The normalized spacial score (nSPS) is 10.9. The highest BCUT2D eigenvalue weighted by Crippen LogP contribution is 2.23. The zero-order valence-electron chi connectivity index (χ0n) is 10.1. The Morgan fingerprint density at radius 2 is 1.33 bits per heavy atom. The first-order valence-corrected chi connectivity index (χ1v) is 5.34. The number of rotatable bonds is 4. The smallest absolute Gasteiger partial charge is 0.131 e. The third-order valence-corrected chi connectivity index (χ3v) is 1.69. The molecular weight excluding hydrogens is 188 g/mol. The molecule has 1 aromatic rings. The fourth-order valence-corrected chi connectivity index (χ4v) is 1.28. The molecule has 15 heavy (non-hydrogen) atoms. The van der Waals surface area contributed by atoms with E-state index < -0.39 is 0 Å². The van der Waals surface area contributed by atoms with Crippen LogP contribution in [0.3, 0.4) is 0 Å². The van der Waals surface area contributed by atoms with Crippen molar-refractivity contribution in [3.63, 3.8) is 0 Å². The molecule has 0 aliphatic heterocycles. The van der Waals surface area contributed by atoms with E-state index in [0.29, 0.717) is 0 Å². The lowest BCUT2D eigenvalue weighted by molar-refractivity contribution is 0.228. The van der Waals surface area contributed by atoms with Gasteiger partial charge in [-0.2, -0.15) is 0 Å². The number of hydrogen-bond donors (Lipinski definition) is 0. The van der Waals surface area contributed by atoms with Gasteiger partial charge in [0.2, 0.25) is 0 Å². The van der Waals surface area contributed by atoms with Gasteiger partial charge in [-0.15, -0.1) is 0 Å². The highest BCUT2D eigenvalue weighted by atomic mass is 16.5. The van der Waals surface area contributed by atoms with Crippen LogP contribution in [0.5, 0.6) is 11.5 Å². The maximum atomic E-state index is 5.58. The molecule has 1 radical (unpaired) electrons. The highest BCUT2D eigenvalue weighted by Gasteiger charge is 2.04. The molecule has 0 aromatic heterocycles. The summed E-state index contributed by atoms with van der Waals surface area (Å²) in [6, 6.07) is 7.03. The van der Waals surface area contributed by atoms with Gasteiger partial charge in [-0.25, -0.2) is 0 Å². The van der Waals surface area contributed by atoms with Gasteiger partial charge in [-0.3, -0.25) is 0 Å². The molecule has 0 unspecified atom stereocenters. The lowest BCUT2D eigenvalue weighted by Crippen LogP contribution is -2.08. The van der Waals surface area contributed by atoms with E-state index in [0.717, 1.165) is 17.1 Å². The van der Waals surface area contributed by atoms with Crippen molar-refractivity contribution >= 4 is 0 Å². The average molecular weight is 207 g/mol. The largest absolute Gasteiger partial charge is 0.490 e. The van der Waals surface area contributed by atoms with E-state index in [1.165, 1.54) is 0 Å². The second-order valence-electron chi connectivity index (χ2n) is 4.22. The summed E-state index contributed by atoms with van der Waals surface area (Å²) in [5.74, 6) is 1.50. The minimum atomic E-state index is 0.162. The Kier molecular flexibility index (Phi) is 4.01. The second-order valence-corrected chi connectivity index (χ2v) is 4.22.